The van der Waals surface area contributed by atoms with Gasteiger partial charge in [0, 0.05) is 11.3 Å². The molecule has 0 aliphatic carbocycles. The summed E-state index contributed by atoms with van der Waals surface area (Å²) < 4.78 is 0. The molecule has 7 heteroatoms. The van der Waals surface area contributed by atoms with Gasteiger partial charge in [-0.2, -0.15) is 5.10 Å². The van der Waals surface area contributed by atoms with E-state index in [1.54, 1.807) is 49.4 Å². The lowest BCUT2D eigenvalue weighted by atomic mass is 10.1. The Hall–Kier alpha value is -3.15. The molecule has 0 aliphatic heterocycles. The van der Waals surface area contributed by atoms with E-state index in [1.165, 1.54) is 0 Å². The number of benzene rings is 3. The lowest BCUT2D eigenvalue weighted by molar-refractivity contribution is -0.115. The SMILES string of the molecule is C/C(=N/NC(=O)c1cccc(NC(=O)Cc2ccccc2)c1)c1ccc(Cl)c(Cl)c1. The van der Waals surface area contributed by atoms with Gasteiger partial charge in [0.2, 0.25) is 5.91 Å². The number of nitrogens with one attached hydrogen (secondary N) is 2. The van der Waals surface area contributed by atoms with Crippen LogP contribution < -0.4 is 10.7 Å². The summed E-state index contributed by atoms with van der Waals surface area (Å²) in [6, 6.07) is 21.2. The molecule has 152 valence electrons. The number of hydrogen-bond donors (Lipinski definition) is 2. The number of carbonyl (C=O) groups is 2. The maximum atomic E-state index is 12.5. The molecule has 0 saturated heterocycles. The van der Waals surface area contributed by atoms with Crippen molar-refractivity contribution in [3.8, 4) is 0 Å². The maximum absolute atomic E-state index is 12.5. The first-order chi connectivity index (χ1) is 14.4. The van der Waals surface area contributed by atoms with Gasteiger partial charge in [0.25, 0.3) is 5.91 Å². The fourth-order valence-electron chi connectivity index (χ4n) is 2.71. The van der Waals surface area contributed by atoms with Crippen molar-refractivity contribution in [2.24, 2.45) is 5.10 Å². The van der Waals surface area contributed by atoms with Crippen molar-refractivity contribution < 1.29 is 9.59 Å². The van der Waals surface area contributed by atoms with Crippen molar-refractivity contribution >= 4 is 46.4 Å². The third-order valence-electron chi connectivity index (χ3n) is 4.28. The number of nitrogens with zero attached hydrogens (tertiary/aromatic N) is 1. The van der Waals surface area contributed by atoms with Crippen molar-refractivity contribution in [3.05, 3.63) is 99.5 Å². The number of anilines is 1. The van der Waals surface area contributed by atoms with Crippen LogP contribution >= 0.6 is 23.2 Å². The molecule has 0 unspecified atom stereocenters. The molecule has 3 aromatic carbocycles. The van der Waals surface area contributed by atoms with Gasteiger partial charge in [-0.3, -0.25) is 9.59 Å². The lowest BCUT2D eigenvalue weighted by Crippen LogP contribution is -2.20. The number of rotatable bonds is 6. The largest absolute Gasteiger partial charge is 0.326 e. The van der Waals surface area contributed by atoms with Gasteiger partial charge in [0.05, 0.1) is 22.2 Å². The Morgan fingerprint density at radius 1 is 0.867 bits per heavy atom. The monoisotopic (exact) mass is 439 g/mol. The summed E-state index contributed by atoms with van der Waals surface area (Å²) in [5.74, 6) is -0.555. The van der Waals surface area contributed by atoms with Crippen LogP contribution in [0.2, 0.25) is 10.0 Å². The van der Waals surface area contributed by atoms with E-state index < -0.39 is 5.91 Å². The minimum Gasteiger partial charge on any atom is -0.326 e. The molecular weight excluding hydrogens is 421 g/mol. The second kappa shape index (κ2) is 10.1. The summed E-state index contributed by atoms with van der Waals surface area (Å²) in [5, 5.41) is 7.78. The molecule has 30 heavy (non-hydrogen) atoms. The smallest absolute Gasteiger partial charge is 0.271 e. The Morgan fingerprint density at radius 2 is 1.63 bits per heavy atom. The molecule has 0 spiro atoms. The van der Waals surface area contributed by atoms with Gasteiger partial charge in [-0.1, -0.05) is 65.7 Å². The lowest BCUT2D eigenvalue weighted by Gasteiger charge is -2.08. The first-order valence-corrected chi connectivity index (χ1v) is 9.92. The van der Waals surface area contributed by atoms with Crippen LogP contribution in [-0.4, -0.2) is 17.5 Å². The molecule has 0 saturated carbocycles. The highest BCUT2D eigenvalue weighted by molar-refractivity contribution is 6.42. The molecule has 0 radical (unpaired) electrons. The van der Waals surface area contributed by atoms with Crippen molar-refractivity contribution in [2.75, 3.05) is 5.32 Å². The van der Waals surface area contributed by atoms with Crippen LogP contribution in [0.25, 0.3) is 0 Å². The van der Waals surface area contributed by atoms with Crippen LogP contribution in [0.1, 0.15) is 28.4 Å². The average Bonchev–Trinajstić information content (AvgIpc) is 2.74. The maximum Gasteiger partial charge on any atom is 0.271 e. The van der Waals surface area contributed by atoms with E-state index in [2.05, 4.69) is 15.8 Å². The molecule has 0 bridgehead atoms. The van der Waals surface area contributed by atoms with Gasteiger partial charge in [0.15, 0.2) is 0 Å². The van der Waals surface area contributed by atoms with Crippen molar-refractivity contribution in [1.82, 2.24) is 5.43 Å². The molecular formula is C23H19Cl2N3O2. The summed E-state index contributed by atoms with van der Waals surface area (Å²) in [6.07, 6.45) is 0.254. The van der Waals surface area contributed by atoms with Crippen LogP contribution in [0.15, 0.2) is 77.9 Å². The van der Waals surface area contributed by atoms with Gasteiger partial charge in [-0.05, 0) is 48.4 Å². The summed E-state index contributed by atoms with van der Waals surface area (Å²) in [5.41, 5.74) is 5.65. The van der Waals surface area contributed by atoms with Crippen LogP contribution in [0, 0.1) is 0 Å². The zero-order chi connectivity index (χ0) is 21.5. The number of hydrazone groups is 1. The normalized spacial score (nSPS) is 11.1. The third-order valence-corrected chi connectivity index (χ3v) is 5.02. The highest BCUT2D eigenvalue weighted by Crippen LogP contribution is 2.22. The fourth-order valence-corrected chi connectivity index (χ4v) is 3.01. The minimum atomic E-state index is -0.395. The van der Waals surface area contributed by atoms with Crippen LogP contribution in [-0.2, 0) is 11.2 Å². The van der Waals surface area contributed by atoms with Gasteiger partial charge in [-0.15, -0.1) is 0 Å². The molecule has 3 aromatic rings. The molecule has 0 heterocycles. The van der Waals surface area contributed by atoms with E-state index in [-0.39, 0.29) is 12.3 Å². The number of hydrogen-bond acceptors (Lipinski definition) is 3. The van der Waals surface area contributed by atoms with Crippen molar-refractivity contribution in [1.29, 1.82) is 0 Å². The molecule has 0 atom stereocenters. The van der Waals surface area contributed by atoms with E-state index >= 15 is 0 Å². The third kappa shape index (κ3) is 5.92. The summed E-state index contributed by atoms with van der Waals surface area (Å²) in [6.45, 7) is 1.75. The van der Waals surface area contributed by atoms with Crippen LogP contribution in [0.3, 0.4) is 0 Å². The standard InChI is InChI=1S/C23H19Cl2N3O2/c1-15(17-10-11-20(24)21(25)14-17)27-28-23(30)18-8-5-9-19(13-18)26-22(29)12-16-6-3-2-4-7-16/h2-11,13-14H,12H2,1H3,(H,26,29)(H,28,30)/b27-15-. The van der Waals surface area contributed by atoms with Gasteiger partial charge in [-0.25, -0.2) is 5.43 Å². The molecule has 3 rings (SSSR count). The van der Waals surface area contributed by atoms with Crippen LogP contribution in [0.4, 0.5) is 5.69 Å². The van der Waals surface area contributed by atoms with Gasteiger partial charge >= 0.3 is 0 Å². The minimum absolute atomic E-state index is 0.160. The Kier molecular flexibility index (Phi) is 7.22. The molecule has 5 nitrogen and oxygen atoms in total. The molecule has 2 N–H and O–H groups in total. The number of halogens is 2. The predicted octanol–water partition coefficient (Wildman–Crippen LogP) is 5.33. The zero-order valence-electron chi connectivity index (χ0n) is 16.2. The quantitative estimate of drug-likeness (QED) is 0.402. The fraction of sp³-hybridized carbons (Fsp3) is 0.0870. The highest BCUT2D eigenvalue weighted by atomic mass is 35.5. The predicted molar refractivity (Wildman–Crippen MR) is 121 cm³/mol. The number of amides is 2. The van der Waals surface area contributed by atoms with Crippen molar-refractivity contribution in [2.45, 2.75) is 13.3 Å². The van der Waals surface area contributed by atoms with Gasteiger partial charge in [0.1, 0.15) is 0 Å². The van der Waals surface area contributed by atoms with E-state index in [1.807, 2.05) is 30.3 Å². The van der Waals surface area contributed by atoms with Crippen molar-refractivity contribution in [3.63, 3.8) is 0 Å². The molecule has 0 fully saturated rings. The van der Waals surface area contributed by atoms with Gasteiger partial charge < -0.3 is 5.32 Å². The Labute approximate surface area is 184 Å². The van der Waals surface area contributed by atoms with E-state index in [4.69, 9.17) is 23.2 Å². The Balaban J connectivity index is 1.63. The zero-order valence-corrected chi connectivity index (χ0v) is 17.7. The highest BCUT2D eigenvalue weighted by Gasteiger charge is 2.09. The van der Waals surface area contributed by atoms with E-state index in [9.17, 15) is 9.59 Å². The topological polar surface area (TPSA) is 70.6 Å². The molecule has 0 aromatic heterocycles. The second-order valence-corrected chi connectivity index (χ2v) is 7.37. The second-order valence-electron chi connectivity index (χ2n) is 6.56. The molecule has 2 amide bonds. The Bertz CT molecular complexity index is 1100. The number of carbonyl (C=O) groups excluding carboxylic acids is 2. The first-order valence-electron chi connectivity index (χ1n) is 9.16. The van der Waals surface area contributed by atoms with Crippen LogP contribution in [0.5, 0.6) is 0 Å². The molecule has 0 aliphatic rings. The van der Waals surface area contributed by atoms with E-state index in [0.29, 0.717) is 27.0 Å². The van der Waals surface area contributed by atoms with E-state index in [0.717, 1.165) is 11.1 Å². The first kappa shape index (κ1) is 21.6. The summed E-state index contributed by atoms with van der Waals surface area (Å²) >= 11 is 11.9. The summed E-state index contributed by atoms with van der Waals surface area (Å²) in [7, 11) is 0. The summed E-state index contributed by atoms with van der Waals surface area (Å²) in [4.78, 5) is 24.7. The Morgan fingerprint density at radius 3 is 2.37 bits per heavy atom. The average molecular weight is 440 g/mol.